The molecule has 1 aliphatic heterocycles. The van der Waals surface area contributed by atoms with E-state index in [2.05, 4.69) is 17.3 Å². The maximum Gasteiger partial charge on any atom is 0.281 e. The molecule has 1 saturated heterocycles. The van der Waals surface area contributed by atoms with Crippen LogP contribution in [-0.4, -0.2) is 66.5 Å². The molecule has 1 rings (SSSR count). The number of hydrogen-bond donors (Lipinski definition) is 1. The van der Waals surface area contributed by atoms with Gasteiger partial charge in [-0.05, 0) is 7.05 Å². The van der Waals surface area contributed by atoms with Crippen LogP contribution in [0.2, 0.25) is 0 Å². The van der Waals surface area contributed by atoms with Crippen molar-refractivity contribution in [2.24, 2.45) is 0 Å². The molecule has 5 nitrogen and oxygen atoms in total. The topological polar surface area (TPSA) is 52.7 Å². The summed E-state index contributed by atoms with van der Waals surface area (Å²) in [6.45, 7) is 5.54. The van der Waals surface area contributed by atoms with Crippen LogP contribution in [-0.2, 0) is 4.79 Å². The minimum Gasteiger partial charge on any atom is -0.356 e. The summed E-state index contributed by atoms with van der Waals surface area (Å²) in [5.41, 5.74) is 0. The van der Waals surface area contributed by atoms with Crippen molar-refractivity contribution in [2.75, 3.05) is 45.5 Å². The summed E-state index contributed by atoms with van der Waals surface area (Å²) in [6, 6.07) is 0. The molecule has 0 atom stereocenters. The zero-order chi connectivity index (χ0) is 12.0. The predicted octanol–water partition coefficient (Wildman–Crippen LogP) is 0.223. The molecule has 0 radical (unpaired) electrons. The van der Waals surface area contributed by atoms with Crippen molar-refractivity contribution in [3.05, 3.63) is 0 Å². The fraction of sp³-hybridized carbons (Fsp3) is 0.800. The van der Waals surface area contributed by atoms with E-state index in [1.165, 1.54) is 18.7 Å². The van der Waals surface area contributed by atoms with Crippen molar-refractivity contribution in [3.63, 3.8) is 0 Å². The molecule has 1 N–H and O–H groups in total. The lowest BCUT2D eigenvalue weighted by molar-refractivity contribution is -0.118. The van der Waals surface area contributed by atoms with E-state index in [4.69, 9.17) is 0 Å². The maximum atomic E-state index is 11.7. The van der Waals surface area contributed by atoms with E-state index in [1.807, 2.05) is 4.90 Å². The summed E-state index contributed by atoms with van der Waals surface area (Å²) in [6.07, 6.45) is 0. The Balaban J connectivity index is 2.12. The van der Waals surface area contributed by atoms with Gasteiger partial charge in [0.2, 0.25) is 5.91 Å². The zero-order valence-corrected chi connectivity index (χ0v) is 10.7. The molecule has 0 spiro atoms. The van der Waals surface area contributed by atoms with Gasteiger partial charge in [0.25, 0.3) is 5.24 Å². The molecular formula is C10H19N3O2S. The van der Waals surface area contributed by atoms with Gasteiger partial charge in [-0.1, -0.05) is 11.8 Å². The highest BCUT2D eigenvalue weighted by Gasteiger charge is 2.18. The summed E-state index contributed by atoms with van der Waals surface area (Å²) >= 11 is 1.28. The second kappa shape index (κ2) is 6.75. The first-order chi connectivity index (χ1) is 7.59. The molecule has 0 aliphatic carbocycles. The summed E-state index contributed by atoms with van der Waals surface area (Å²) in [7, 11) is 2.06. The van der Waals surface area contributed by atoms with Crippen molar-refractivity contribution in [1.82, 2.24) is 15.1 Å². The van der Waals surface area contributed by atoms with E-state index < -0.39 is 0 Å². The van der Waals surface area contributed by atoms with Crippen LogP contribution >= 0.6 is 11.8 Å². The number of carbonyl (C=O) groups excluding carboxylic acids is 2. The standard InChI is InChI=1S/C10H19N3O2S/c1-9(14)11-3-8-16-10(15)13-6-4-12(2)5-7-13/h3-8H2,1-2H3,(H,11,14). The lowest BCUT2D eigenvalue weighted by Crippen LogP contribution is -2.46. The van der Waals surface area contributed by atoms with Crippen LogP contribution in [0.5, 0.6) is 0 Å². The first-order valence-electron chi connectivity index (χ1n) is 5.44. The fourth-order valence-electron chi connectivity index (χ4n) is 1.45. The third kappa shape index (κ3) is 4.85. The SMILES string of the molecule is CC(=O)NCCSC(=O)N1CCN(C)CC1. The van der Waals surface area contributed by atoms with Gasteiger partial charge in [0.05, 0.1) is 0 Å². The van der Waals surface area contributed by atoms with Gasteiger partial charge in [0.1, 0.15) is 0 Å². The van der Waals surface area contributed by atoms with Gasteiger partial charge < -0.3 is 15.1 Å². The summed E-state index contributed by atoms with van der Waals surface area (Å²) in [4.78, 5) is 26.4. The van der Waals surface area contributed by atoms with E-state index in [1.54, 1.807) is 0 Å². The smallest absolute Gasteiger partial charge is 0.281 e. The molecule has 1 fully saturated rings. The largest absolute Gasteiger partial charge is 0.356 e. The van der Waals surface area contributed by atoms with Gasteiger partial charge in [-0.15, -0.1) is 0 Å². The highest BCUT2D eigenvalue weighted by atomic mass is 32.2. The average Bonchev–Trinajstić information content (AvgIpc) is 2.25. The number of nitrogens with zero attached hydrogens (tertiary/aromatic N) is 2. The molecule has 0 aromatic rings. The van der Waals surface area contributed by atoms with E-state index in [0.717, 1.165) is 26.2 Å². The zero-order valence-electron chi connectivity index (χ0n) is 9.86. The van der Waals surface area contributed by atoms with Crippen LogP contribution in [0.4, 0.5) is 4.79 Å². The molecular weight excluding hydrogens is 226 g/mol. The number of thioether (sulfide) groups is 1. The summed E-state index contributed by atoms with van der Waals surface area (Å²) < 4.78 is 0. The number of piperazine rings is 1. The van der Waals surface area contributed by atoms with Crippen LogP contribution in [0.1, 0.15) is 6.92 Å². The second-order valence-corrected chi connectivity index (χ2v) is 4.93. The van der Waals surface area contributed by atoms with Gasteiger partial charge in [-0.25, -0.2) is 0 Å². The maximum absolute atomic E-state index is 11.7. The lowest BCUT2D eigenvalue weighted by atomic mass is 10.4. The van der Waals surface area contributed by atoms with E-state index in [9.17, 15) is 9.59 Å². The van der Waals surface area contributed by atoms with Crippen LogP contribution in [0.15, 0.2) is 0 Å². The third-order valence-corrected chi connectivity index (χ3v) is 3.38. The summed E-state index contributed by atoms with van der Waals surface area (Å²) in [5, 5.41) is 2.80. The molecule has 1 aliphatic rings. The van der Waals surface area contributed by atoms with E-state index >= 15 is 0 Å². The predicted molar refractivity (Wildman–Crippen MR) is 65.6 cm³/mol. The van der Waals surface area contributed by atoms with Crippen LogP contribution in [0.3, 0.4) is 0 Å². The number of likely N-dealkylation sites (N-methyl/N-ethyl adjacent to an activating group) is 1. The van der Waals surface area contributed by atoms with Crippen LogP contribution < -0.4 is 5.32 Å². The number of rotatable bonds is 3. The molecule has 6 heteroatoms. The number of amides is 2. The Morgan fingerprint density at radius 1 is 1.25 bits per heavy atom. The summed E-state index contributed by atoms with van der Waals surface area (Å²) in [5.74, 6) is 0.595. The Labute approximate surface area is 101 Å². The monoisotopic (exact) mass is 245 g/mol. The van der Waals surface area contributed by atoms with E-state index in [-0.39, 0.29) is 11.1 Å². The Morgan fingerprint density at radius 3 is 2.44 bits per heavy atom. The van der Waals surface area contributed by atoms with E-state index in [0.29, 0.717) is 12.3 Å². The Hall–Kier alpha value is -0.750. The number of nitrogens with one attached hydrogen (secondary N) is 1. The minimum atomic E-state index is -0.0485. The Morgan fingerprint density at radius 2 is 1.88 bits per heavy atom. The Kier molecular flexibility index (Phi) is 5.62. The van der Waals surface area contributed by atoms with Gasteiger partial charge >= 0.3 is 0 Å². The molecule has 92 valence electrons. The molecule has 0 aromatic heterocycles. The molecule has 0 saturated carbocycles. The molecule has 1 heterocycles. The van der Waals surface area contributed by atoms with Crippen LogP contribution in [0.25, 0.3) is 0 Å². The van der Waals surface area contributed by atoms with Crippen LogP contribution in [0, 0.1) is 0 Å². The minimum absolute atomic E-state index is 0.0485. The Bertz CT molecular complexity index is 252. The van der Waals surface area contributed by atoms with Gasteiger partial charge in [-0.3, -0.25) is 9.59 Å². The quantitative estimate of drug-likeness (QED) is 0.723. The van der Waals surface area contributed by atoms with Gasteiger partial charge in [-0.2, -0.15) is 0 Å². The van der Waals surface area contributed by atoms with Crippen molar-refractivity contribution in [1.29, 1.82) is 0 Å². The molecule has 2 amide bonds. The second-order valence-electron chi connectivity index (χ2n) is 3.89. The third-order valence-electron chi connectivity index (χ3n) is 2.46. The fourth-order valence-corrected chi connectivity index (χ4v) is 2.19. The normalized spacial score (nSPS) is 17.2. The first kappa shape index (κ1) is 13.3. The van der Waals surface area contributed by atoms with Gasteiger partial charge in [0.15, 0.2) is 0 Å². The molecule has 0 aromatic carbocycles. The number of hydrogen-bond acceptors (Lipinski definition) is 4. The molecule has 0 bridgehead atoms. The lowest BCUT2D eigenvalue weighted by Gasteiger charge is -2.32. The van der Waals surface area contributed by atoms with Crippen molar-refractivity contribution in [2.45, 2.75) is 6.92 Å². The highest BCUT2D eigenvalue weighted by Crippen LogP contribution is 2.10. The first-order valence-corrected chi connectivity index (χ1v) is 6.43. The van der Waals surface area contributed by atoms with Gasteiger partial charge in [0, 0.05) is 45.4 Å². The molecule has 0 unspecified atom stereocenters. The number of carbonyl (C=O) groups is 2. The van der Waals surface area contributed by atoms with Crippen molar-refractivity contribution >= 4 is 22.9 Å². The average molecular weight is 245 g/mol. The molecule has 16 heavy (non-hydrogen) atoms. The van der Waals surface area contributed by atoms with Crippen molar-refractivity contribution in [3.8, 4) is 0 Å². The highest BCUT2D eigenvalue weighted by molar-refractivity contribution is 8.13. The van der Waals surface area contributed by atoms with Crippen molar-refractivity contribution < 1.29 is 9.59 Å².